The number of carbonyl (C=O) groups is 1. The number of hydrogen-bond donors (Lipinski definition) is 0. The first kappa shape index (κ1) is 12.0. The van der Waals surface area contributed by atoms with E-state index in [2.05, 4.69) is 0 Å². The lowest BCUT2D eigenvalue weighted by Gasteiger charge is -2.18. The van der Waals surface area contributed by atoms with Crippen LogP contribution in [0.5, 0.6) is 0 Å². The third-order valence-electron chi connectivity index (χ3n) is 2.08. The van der Waals surface area contributed by atoms with Crippen molar-refractivity contribution >= 4 is 27.6 Å². The van der Waals surface area contributed by atoms with Crippen molar-refractivity contribution in [3.63, 3.8) is 0 Å². The van der Waals surface area contributed by atoms with Crippen LogP contribution < -0.4 is 0 Å². The van der Waals surface area contributed by atoms with Crippen LogP contribution in [-0.2, 0) is 14.8 Å². The number of Topliss-reactive ketones (excluding diaryl/α,β-unsaturated/α-hetero) is 1. The molecule has 0 N–H and O–H groups in total. The minimum Gasteiger partial charge on any atom is -0.300 e. The van der Waals surface area contributed by atoms with E-state index in [4.69, 9.17) is 0 Å². The molecule has 0 unspecified atom stereocenters. The summed E-state index contributed by atoms with van der Waals surface area (Å²) in [6.45, 7) is 2.37. The number of rotatable bonds is 3. The monoisotopic (exact) mass is 237 g/mol. The molecule has 1 aliphatic heterocycles. The molecule has 0 saturated carbocycles. The number of thioether (sulfide) groups is 1. The van der Waals surface area contributed by atoms with Gasteiger partial charge in [-0.15, -0.1) is 0 Å². The van der Waals surface area contributed by atoms with Gasteiger partial charge in [0.25, 0.3) is 0 Å². The van der Waals surface area contributed by atoms with Gasteiger partial charge in [-0.25, -0.2) is 12.7 Å². The number of sulfonamides is 1. The van der Waals surface area contributed by atoms with E-state index in [1.165, 1.54) is 11.2 Å². The van der Waals surface area contributed by atoms with E-state index in [0.717, 1.165) is 5.75 Å². The van der Waals surface area contributed by atoms with Crippen molar-refractivity contribution in [3.05, 3.63) is 0 Å². The topological polar surface area (TPSA) is 54.5 Å². The van der Waals surface area contributed by atoms with Gasteiger partial charge in [0.15, 0.2) is 0 Å². The summed E-state index contributed by atoms with van der Waals surface area (Å²) in [6.07, 6.45) is 0.323. The quantitative estimate of drug-likeness (QED) is 0.710. The van der Waals surface area contributed by atoms with E-state index in [1.807, 2.05) is 0 Å². The molecule has 4 nitrogen and oxygen atoms in total. The lowest BCUT2D eigenvalue weighted by atomic mass is 10.3. The molecule has 1 rings (SSSR count). The molecule has 0 aromatic heterocycles. The van der Waals surface area contributed by atoms with Gasteiger partial charge in [0.1, 0.15) is 5.78 Å². The van der Waals surface area contributed by atoms with E-state index in [0.29, 0.717) is 25.3 Å². The van der Waals surface area contributed by atoms with E-state index < -0.39 is 10.0 Å². The summed E-state index contributed by atoms with van der Waals surface area (Å²) in [4.78, 5) is 10.8. The maximum absolute atomic E-state index is 11.6. The Balaban J connectivity index is 2.59. The molecule has 0 aliphatic carbocycles. The van der Waals surface area contributed by atoms with Gasteiger partial charge in [-0.3, -0.25) is 4.79 Å². The molecule has 1 aliphatic rings. The smallest absolute Gasteiger partial charge is 0.214 e. The first-order chi connectivity index (χ1) is 6.52. The first-order valence-electron chi connectivity index (χ1n) is 4.57. The predicted octanol–water partition coefficient (Wildman–Crippen LogP) is 0.344. The zero-order chi connectivity index (χ0) is 10.6. The number of nitrogens with zero attached hydrogens (tertiary/aromatic N) is 1. The molecular formula is C8H15NO3S2. The van der Waals surface area contributed by atoms with Gasteiger partial charge >= 0.3 is 0 Å². The summed E-state index contributed by atoms with van der Waals surface area (Å²) < 4.78 is 24.7. The van der Waals surface area contributed by atoms with Crippen LogP contribution in [0.4, 0.5) is 0 Å². The molecule has 0 radical (unpaired) electrons. The lowest BCUT2D eigenvalue weighted by Crippen LogP contribution is -2.35. The van der Waals surface area contributed by atoms with Crippen molar-refractivity contribution < 1.29 is 13.2 Å². The molecule has 1 fully saturated rings. The maximum Gasteiger partial charge on any atom is 0.214 e. The van der Waals surface area contributed by atoms with Crippen molar-refractivity contribution in [1.82, 2.24) is 4.31 Å². The molecule has 6 heteroatoms. The van der Waals surface area contributed by atoms with Gasteiger partial charge < -0.3 is 0 Å². The van der Waals surface area contributed by atoms with E-state index in [-0.39, 0.29) is 11.5 Å². The second-order valence-corrected chi connectivity index (χ2v) is 6.59. The zero-order valence-corrected chi connectivity index (χ0v) is 9.86. The van der Waals surface area contributed by atoms with Crippen LogP contribution in [0.2, 0.25) is 0 Å². The summed E-state index contributed by atoms with van der Waals surface area (Å²) in [6, 6.07) is 0. The molecule has 0 spiro atoms. The zero-order valence-electron chi connectivity index (χ0n) is 8.23. The molecule has 0 atom stereocenters. The minimum atomic E-state index is -3.10. The summed E-state index contributed by atoms with van der Waals surface area (Å²) >= 11 is 1.65. The molecule has 0 aromatic rings. The normalized spacial score (nSPS) is 22.9. The first-order valence-corrected chi connectivity index (χ1v) is 7.34. The van der Waals surface area contributed by atoms with Crippen molar-refractivity contribution in [2.24, 2.45) is 0 Å². The second-order valence-electron chi connectivity index (χ2n) is 3.28. The second kappa shape index (κ2) is 5.14. The van der Waals surface area contributed by atoms with Crippen LogP contribution in [0.15, 0.2) is 0 Å². The highest BCUT2D eigenvalue weighted by Gasteiger charge is 2.23. The largest absolute Gasteiger partial charge is 0.300 e. The average molecular weight is 237 g/mol. The highest BCUT2D eigenvalue weighted by atomic mass is 32.2. The highest BCUT2D eigenvalue weighted by Crippen LogP contribution is 2.13. The molecule has 0 aromatic carbocycles. The highest BCUT2D eigenvalue weighted by molar-refractivity contribution is 8.00. The Morgan fingerprint density at radius 3 is 2.79 bits per heavy atom. The molecule has 1 saturated heterocycles. The standard InChI is InChI=1S/C8H15NO3S2/c1-8(10)2-3-9-4-5-13-6-7-14(9,11)12/h2-7H2,1H3. The van der Waals surface area contributed by atoms with E-state index in [9.17, 15) is 13.2 Å². The Hall–Kier alpha value is -0.0700. The van der Waals surface area contributed by atoms with Gasteiger partial charge in [0.05, 0.1) is 5.75 Å². The van der Waals surface area contributed by atoms with Gasteiger partial charge in [-0.05, 0) is 6.92 Å². The summed E-state index contributed by atoms with van der Waals surface area (Å²) in [7, 11) is -3.10. The summed E-state index contributed by atoms with van der Waals surface area (Å²) in [5, 5.41) is 0. The van der Waals surface area contributed by atoms with Crippen molar-refractivity contribution in [3.8, 4) is 0 Å². The van der Waals surface area contributed by atoms with Crippen molar-refractivity contribution in [1.29, 1.82) is 0 Å². The molecule has 14 heavy (non-hydrogen) atoms. The fourth-order valence-electron chi connectivity index (χ4n) is 1.23. The minimum absolute atomic E-state index is 0.0390. The SMILES string of the molecule is CC(=O)CCN1CCSCCS1(=O)=O. The Morgan fingerprint density at radius 2 is 2.14 bits per heavy atom. The average Bonchev–Trinajstić information content (AvgIpc) is 2.23. The third kappa shape index (κ3) is 3.59. The summed E-state index contributed by atoms with van der Waals surface area (Å²) in [5.74, 6) is 1.74. The van der Waals surface area contributed by atoms with Gasteiger partial charge in [-0.1, -0.05) is 0 Å². The van der Waals surface area contributed by atoms with Gasteiger partial charge in [-0.2, -0.15) is 11.8 Å². The molecular weight excluding hydrogens is 222 g/mol. The van der Waals surface area contributed by atoms with Crippen LogP contribution >= 0.6 is 11.8 Å². The van der Waals surface area contributed by atoms with Crippen molar-refractivity contribution in [2.45, 2.75) is 13.3 Å². The molecule has 0 bridgehead atoms. The lowest BCUT2D eigenvalue weighted by molar-refractivity contribution is -0.117. The Morgan fingerprint density at radius 1 is 1.43 bits per heavy atom. The Kier molecular flexibility index (Phi) is 4.40. The summed E-state index contributed by atoms with van der Waals surface area (Å²) in [5.41, 5.74) is 0. The van der Waals surface area contributed by atoms with Crippen LogP contribution in [0, 0.1) is 0 Å². The molecule has 0 amide bonds. The van der Waals surface area contributed by atoms with Crippen LogP contribution in [0.1, 0.15) is 13.3 Å². The predicted molar refractivity (Wildman–Crippen MR) is 58.0 cm³/mol. The van der Waals surface area contributed by atoms with Crippen LogP contribution in [0.25, 0.3) is 0 Å². The van der Waals surface area contributed by atoms with E-state index >= 15 is 0 Å². The third-order valence-corrected chi connectivity index (χ3v) is 5.17. The van der Waals surface area contributed by atoms with Gasteiger partial charge in [0, 0.05) is 31.0 Å². The molecule has 82 valence electrons. The number of ketones is 1. The molecule has 1 heterocycles. The van der Waals surface area contributed by atoms with Gasteiger partial charge in [0.2, 0.25) is 10.0 Å². The fourth-order valence-corrected chi connectivity index (χ4v) is 4.21. The van der Waals surface area contributed by atoms with E-state index in [1.54, 1.807) is 11.8 Å². The number of hydrogen-bond acceptors (Lipinski definition) is 4. The Bertz CT molecular complexity index is 300. The van der Waals surface area contributed by atoms with Crippen LogP contribution in [0.3, 0.4) is 0 Å². The van der Waals surface area contributed by atoms with Crippen LogP contribution in [-0.4, -0.2) is 48.9 Å². The Labute approximate surface area is 89.1 Å². The fraction of sp³-hybridized carbons (Fsp3) is 0.875. The maximum atomic E-state index is 11.6. The number of carbonyl (C=O) groups excluding carboxylic acids is 1. The van der Waals surface area contributed by atoms with Crippen molar-refractivity contribution in [2.75, 3.05) is 30.3 Å².